The molecule has 1 aromatic rings. The van der Waals surface area contributed by atoms with Gasteiger partial charge in [-0.2, -0.15) is 0 Å². The van der Waals surface area contributed by atoms with Gasteiger partial charge in [0.25, 0.3) is 5.91 Å². The summed E-state index contributed by atoms with van der Waals surface area (Å²) < 4.78 is 12.5. The number of nitrogens with two attached hydrogens (primary N) is 1. The fourth-order valence-electron chi connectivity index (χ4n) is 0.877. The molecule has 3 N–H and O–H groups in total. The summed E-state index contributed by atoms with van der Waals surface area (Å²) in [6.07, 6.45) is -1.49. The fraction of sp³-hybridized carbons (Fsp3) is 0.125. The molecule has 13 heavy (non-hydrogen) atoms. The van der Waals surface area contributed by atoms with Gasteiger partial charge < -0.3 is 10.8 Å². The van der Waals surface area contributed by atoms with Gasteiger partial charge in [-0.15, -0.1) is 0 Å². The van der Waals surface area contributed by atoms with E-state index in [-0.39, 0.29) is 10.6 Å². The first kappa shape index (κ1) is 9.95. The van der Waals surface area contributed by atoms with Gasteiger partial charge >= 0.3 is 0 Å². The van der Waals surface area contributed by atoms with E-state index < -0.39 is 17.8 Å². The van der Waals surface area contributed by atoms with Crippen LogP contribution in [0.25, 0.3) is 0 Å². The summed E-state index contributed by atoms with van der Waals surface area (Å²) in [5.74, 6) is -1.46. The lowest BCUT2D eigenvalue weighted by molar-refractivity contribution is -0.126. The molecule has 1 aromatic carbocycles. The Kier molecular flexibility index (Phi) is 2.85. The lowest BCUT2D eigenvalue weighted by Crippen LogP contribution is -2.21. The number of aliphatic hydroxyl groups is 1. The highest BCUT2D eigenvalue weighted by molar-refractivity contribution is 6.31. The third-order valence-electron chi connectivity index (χ3n) is 1.53. The normalized spacial score (nSPS) is 12.5. The second-order valence-electron chi connectivity index (χ2n) is 2.47. The Morgan fingerprint density at radius 3 is 2.69 bits per heavy atom. The van der Waals surface area contributed by atoms with Crippen molar-refractivity contribution in [1.29, 1.82) is 0 Å². The zero-order chi connectivity index (χ0) is 10.0. The first-order chi connectivity index (χ1) is 6.02. The van der Waals surface area contributed by atoms with Crippen LogP contribution in [0.5, 0.6) is 0 Å². The Balaban J connectivity index is 3.08. The number of hydrogen-bond donors (Lipinski definition) is 2. The van der Waals surface area contributed by atoms with Gasteiger partial charge in [-0.1, -0.05) is 17.7 Å². The number of amides is 1. The molecule has 0 saturated carbocycles. The van der Waals surface area contributed by atoms with E-state index in [1.54, 1.807) is 0 Å². The molecule has 1 rings (SSSR count). The van der Waals surface area contributed by atoms with Crippen LogP contribution in [0, 0.1) is 5.82 Å². The van der Waals surface area contributed by atoms with Crippen molar-refractivity contribution < 1.29 is 14.3 Å². The molecule has 3 nitrogen and oxygen atoms in total. The quantitative estimate of drug-likeness (QED) is 0.753. The number of primary amides is 1. The number of halogens is 2. The first-order valence-electron chi connectivity index (χ1n) is 3.44. The summed E-state index contributed by atoms with van der Waals surface area (Å²) >= 11 is 5.56. The summed E-state index contributed by atoms with van der Waals surface area (Å²) in [4.78, 5) is 10.6. The smallest absolute Gasteiger partial charge is 0.250 e. The number of carbonyl (C=O) groups is 1. The van der Waals surface area contributed by atoms with Crippen molar-refractivity contribution in [3.63, 3.8) is 0 Å². The number of benzene rings is 1. The maximum Gasteiger partial charge on any atom is 0.250 e. The van der Waals surface area contributed by atoms with Gasteiger partial charge in [0.15, 0.2) is 6.10 Å². The molecule has 1 amide bonds. The van der Waals surface area contributed by atoms with E-state index in [0.717, 1.165) is 12.1 Å². The second-order valence-corrected chi connectivity index (χ2v) is 2.88. The minimum atomic E-state index is -1.49. The molecule has 0 spiro atoms. The van der Waals surface area contributed by atoms with Gasteiger partial charge in [-0.3, -0.25) is 4.79 Å². The molecule has 0 fully saturated rings. The molecule has 1 unspecified atom stereocenters. The van der Waals surface area contributed by atoms with E-state index >= 15 is 0 Å². The average Bonchev–Trinajstić information content (AvgIpc) is 2.03. The average molecular weight is 204 g/mol. The summed E-state index contributed by atoms with van der Waals surface area (Å²) in [5.41, 5.74) is 4.94. The number of hydrogen-bond acceptors (Lipinski definition) is 2. The molecule has 1 atom stereocenters. The molecule has 0 radical (unpaired) electrons. The molecule has 0 saturated heterocycles. The number of rotatable bonds is 2. The van der Waals surface area contributed by atoms with Crippen LogP contribution >= 0.6 is 11.6 Å². The Labute approximate surface area is 78.9 Å². The SMILES string of the molecule is NC(=O)C(O)c1ccc(F)cc1Cl. The standard InChI is InChI=1S/C8H7ClFNO2/c9-6-3-4(10)1-2-5(6)7(12)8(11)13/h1-3,7,12H,(H2,11,13). The second kappa shape index (κ2) is 3.72. The molecule has 0 aliphatic heterocycles. The van der Waals surface area contributed by atoms with Crippen molar-refractivity contribution in [2.45, 2.75) is 6.10 Å². The van der Waals surface area contributed by atoms with Crippen molar-refractivity contribution in [3.8, 4) is 0 Å². The predicted molar refractivity (Wildman–Crippen MR) is 45.6 cm³/mol. The van der Waals surface area contributed by atoms with Crippen LogP contribution in [-0.2, 0) is 4.79 Å². The molecule has 70 valence electrons. The first-order valence-corrected chi connectivity index (χ1v) is 3.82. The van der Waals surface area contributed by atoms with Crippen LogP contribution in [0.2, 0.25) is 5.02 Å². The molecule has 0 aromatic heterocycles. The fourth-order valence-corrected chi connectivity index (χ4v) is 1.15. The summed E-state index contributed by atoms with van der Waals surface area (Å²) in [5, 5.41) is 9.17. The van der Waals surface area contributed by atoms with E-state index in [0.29, 0.717) is 0 Å². The number of carbonyl (C=O) groups excluding carboxylic acids is 1. The predicted octanol–water partition coefficient (Wildman–Crippen LogP) is 0.998. The lowest BCUT2D eigenvalue weighted by Gasteiger charge is -2.08. The van der Waals surface area contributed by atoms with Gasteiger partial charge in [0.1, 0.15) is 5.82 Å². The van der Waals surface area contributed by atoms with Gasteiger partial charge in [0.2, 0.25) is 0 Å². The molecular weight excluding hydrogens is 197 g/mol. The molecule has 5 heteroatoms. The van der Waals surface area contributed by atoms with Crippen LogP contribution in [0.1, 0.15) is 11.7 Å². The Hall–Kier alpha value is -1.13. The van der Waals surface area contributed by atoms with Crippen LogP contribution in [0.3, 0.4) is 0 Å². The molecule has 0 aliphatic rings. The van der Waals surface area contributed by atoms with E-state index in [9.17, 15) is 14.3 Å². The monoisotopic (exact) mass is 203 g/mol. The molecule has 0 aliphatic carbocycles. The maximum atomic E-state index is 12.5. The Bertz CT molecular complexity index is 343. The van der Waals surface area contributed by atoms with Gasteiger partial charge in [0.05, 0.1) is 0 Å². The van der Waals surface area contributed by atoms with Crippen LogP contribution in [0.15, 0.2) is 18.2 Å². The zero-order valence-electron chi connectivity index (χ0n) is 6.50. The van der Waals surface area contributed by atoms with Gasteiger partial charge in [-0.05, 0) is 12.1 Å². The van der Waals surface area contributed by atoms with Gasteiger partial charge in [0, 0.05) is 10.6 Å². The van der Waals surface area contributed by atoms with E-state index in [1.807, 2.05) is 0 Å². The summed E-state index contributed by atoms with van der Waals surface area (Å²) in [6.45, 7) is 0. The van der Waals surface area contributed by atoms with E-state index in [2.05, 4.69) is 0 Å². The van der Waals surface area contributed by atoms with Crippen LogP contribution in [0.4, 0.5) is 4.39 Å². The van der Waals surface area contributed by atoms with Crippen LogP contribution in [-0.4, -0.2) is 11.0 Å². The lowest BCUT2D eigenvalue weighted by atomic mass is 10.1. The van der Waals surface area contributed by atoms with Crippen LogP contribution < -0.4 is 5.73 Å². The minimum Gasteiger partial charge on any atom is -0.378 e. The van der Waals surface area contributed by atoms with Crippen molar-refractivity contribution >= 4 is 17.5 Å². The zero-order valence-corrected chi connectivity index (χ0v) is 7.25. The third kappa shape index (κ3) is 2.17. The number of aliphatic hydroxyl groups excluding tert-OH is 1. The topological polar surface area (TPSA) is 63.3 Å². The molecule has 0 heterocycles. The highest BCUT2D eigenvalue weighted by atomic mass is 35.5. The minimum absolute atomic E-state index is 0.0219. The van der Waals surface area contributed by atoms with E-state index in [4.69, 9.17) is 17.3 Å². The largest absolute Gasteiger partial charge is 0.378 e. The molecule has 0 bridgehead atoms. The van der Waals surface area contributed by atoms with Crippen molar-refractivity contribution in [3.05, 3.63) is 34.6 Å². The Morgan fingerprint density at radius 2 is 2.23 bits per heavy atom. The van der Waals surface area contributed by atoms with E-state index in [1.165, 1.54) is 6.07 Å². The third-order valence-corrected chi connectivity index (χ3v) is 1.85. The van der Waals surface area contributed by atoms with Crippen molar-refractivity contribution in [2.75, 3.05) is 0 Å². The van der Waals surface area contributed by atoms with Crippen molar-refractivity contribution in [1.82, 2.24) is 0 Å². The Morgan fingerprint density at radius 1 is 1.62 bits per heavy atom. The highest BCUT2D eigenvalue weighted by Crippen LogP contribution is 2.23. The maximum absolute atomic E-state index is 12.5. The molecular formula is C8H7ClFNO2. The van der Waals surface area contributed by atoms with Gasteiger partial charge in [-0.25, -0.2) is 4.39 Å². The summed E-state index contributed by atoms with van der Waals surface area (Å²) in [6, 6.07) is 3.31. The van der Waals surface area contributed by atoms with Crippen molar-refractivity contribution in [2.24, 2.45) is 5.73 Å². The summed E-state index contributed by atoms with van der Waals surface area (Å²) in [7, 11) is 0. The highest BCUT2D eigenvalue weighted by Gasteiger charge is 2.16.